The molecule has 0 spiro atoms. The molecule has 1 unspecified atom stereocenters. The van der Waals surface area contributed by atoms with Crippen molar-refractivity contribution in [1.82, 2.24) is 0 Å². The van der Waals surface area contributed by atoms with E-state index in [4.69, 9.17) is 8.76 Å². The van der Waals surface area contributed by atoms with Crippen LogP contribution in [-0.4, -0.2) is 15.0 Å². The molecule has 2 aromatic carbocycles. The van der Waals surface area contributed by atoms with Crippen LogP contribution in [0.2, 0.25) is 0 Å². The molecular weight excluding hydrogens is 220 g/mol. The SMILES string of the molecule is CS(=O)[O-].c1ccc(-c2ccccc2)cc1. The summed E-state index contributed by atoms with van der Waals surface area (Å²) in [5, 5.41) is 0. The molecule has 0 saturated carbocycles. The Hall–Kier alpha value is -1.45. The lowest BCUT2D eigenvalue weighted by Crippen LogP contribution is -1.73. The molecule has 0 radical (unpaired) electrons. The lowest BCUT2D eigenvalue weighted by molar-refractivity contribution is 0.543. The first-order chi connectivity index (χ1) is 7.70. The van der Waals surface area contributed by atoms with Crippen LogP contribution < -0.4 is 0 Å². The van der Waals surface area contributed by atoms with E-state index in [-0.39, 0.29) is 0 Å². The zero-order valence-corrected chi connectivity index (χ0v) is 9.81. The van der Waals surface area contributed by atoms with Crippen LogP contribution >= 0.6 is 0 Å². The highest BCUT2D eigenvalue weighted by Gasteiger charge is 1.91. The maximum Gasteiger partial charge on any atom is -0.00142 e. The summed E-state index contributed by atoms with van der Waals surface area (Å²) < 4.78 is 18.0. The summed E-state index contributed by atoms with van der Waals surface area (Å²) in [6.07, 6.45) is 1.08. The van der Waals surface area contributed by atoms with Gasteiger partial charge < -0.3 is 4.55 Å². The van der Waals surface area contributed by atoms with Crippen LogP contribution in [0.1, 0.15) is 0 Å². The van der Waals surface area contributed by atoms with Crippen LogP contribution in [0.25, 0.3) is 11.1 Å². The smallest absolute Gasteiger partial charge is 0.00142 e. The number of benzene rings is 2. The summed E-state index contributed by atoms with van der Waals surface area (Å²) in [5.74, 6) is 0. The van der Waals surface area contributed by atoms with Crippen molar-refractivity contribution in [3.8, 4) is 11.1 Å². The van der Waals surface area contributed by atoms with E-state index in [2.05, 4.69) is 48.5 Å². The van der Waals surface area contributed by atoms with Crippen molar-refractivity contribution in [2.24, 2.45) is 0 Å². The molecule has 0 fully saturated rings. The van der Waals surface area contributed by atoms with E-state index in [0.717, 1.165) is 6.26 Å². The van der Waals surface area contributed by atoms with E-state index < -0.39 is 11.1 Å². The van der Waals surface area contributed by atoms with Gasteiger partial charge in [-0.1, -0.05) is 71.7 Å². The van der Waals surface area contributed by atoms with Gasteiger partial charge in [0, 0.05) is 0 Å². The fourth-order valence-corrected chi connectivity index (χ4v) is 1.26. The fraction of sp³-hybridized carbons (Fsp3) is 0.0769. The third-order valence-electron chi connectivity index (χ3n) is 1.88. The van der Waals surface area contributed by atoms with Crippen LogP contribution in [0, 0.1) is 0 Å². The fourth-order valence-electron chi connectivity index (χ4n) is 1.26. The molecule has 0 amide bonds. The molecule has 0 saturated heterocycles. The van der Waals surface area contributed by atoms with E-state index in [1.54, 1.807) is 0 Å². The molecule has 0 aliphatic carbocycles. The molecule has 0 N–H and O–H groups in total. The molecule has 16 heavy (non-hydrogen) atoms. The standard InChI is InChI=1S/C12H10.CH4O2S/c1-3-7-11(8-4-1)12-9-5-2-6-10-12;1-4(2)3/h1-10H;1H3,(H,2,3)/p-1. The molecular formula is C13H13O2S-. The van der Waals surface area contributed by atoms with Crippen LogP contribution in [0.3, 0.4) is 0 Å². The van der Waals surface area contributed by atoms with Gasteiger partial charge in [-0.05, 0) is 17.4 Å². The Morgan fingerprint density at radius 2 is 1.06 bits per heavy atom. The largest absolute Gasteiger partial charge is 0.773 e. The Kier molecular flexibility index (Phi) is 5.46. The zero-order valence-electron chi connectivity index (χ0n) is 9.00. The van der Waals surface area contributed by atoms with Crippen molar-refractivity contribution >= 4 is 11.1 Å². The molecule has 0 bridgehead atoms. The second-order valence-corrected chi connectivity index (χ2v) is 3.94. The Bertz CT molecular complexity index is 385. The highest BCUT2D eigenvalue weighted by Crippen LogP contribution is 2.17. The lowest BCUT2D eigenvalue weighted by atomic mass is 10.1. The van der Waals surface area contributed by atoms with Gasteiger partial charge in [0.2, 0.25) is 0 Å². The molecule has 2 rings (SSSR count). The number of rotatable bonds is 1. The molecule has 1 atom stereocenters. The van der Waals surface area contributed by atoms with Crippen LogP contribution in [0.5, 0.6) is 0 Å². The predicted octanol–water partition coefficient (Wildman–Crippen LogP) is 2.85. The van der Waals surface area contributed by atoms with Gasteiger partial charge in [0.05, 0.1) is 0 Å². The Morgan fingerprint density at radius 3 is 1.31 bits per heavy atom. The molecule has 2 nitrogen and oxygen atoms in total. The summed E-state index contributed by atoms with van der Waals surface area (Å²) in [6.45, 7) is 0. The minimum atomic E-state index is -1.86. The summed E-state index contributed by atoms with van der Waals surface area (Å²) in [7, 11) is 0. The maximum atomic E-state index is 9.00. The first-order valence-electron chi connectivity index (χ1n) is 4.81. The summed E-state index contributed by atoms with van der Waals surface area (Å²) >= 11 is -1.86. The van der Waals surface area contributed by atoms with Crippen molar-refractivity contribution < 1.29 is 8.76 Å². The highest BCUT2D eigenvalue weighted by molar-refractivity contribution is 7.78. The molecule has 0 heterocycles. The quantitative estimate of drug-likeness (QED) is 0.710. The monoisotopic (exact) mass is 233 g/mol. The minimum absolute atomic E-state index is 1.08. The Labute approximate surface area is 98.2 Å². The lowest BCUT2D eigenvalue weighted by Gasteiger charge is -1.98. The van der Waals surface area contributed by atoms with E-state index in [1.807, 2.05) is 12.1 Å². The first kappa shape index (κ1) is 12.6. The Morgan fingerprint density at radius 1 is 0.812 bits per heavy atom. The predicted molar refractivity (Wildman–Crippen MR) is 66.7 cm³/mol. The van der Waals surface area contributed by atoms with Crippen molar-refractivity contribution in [3.05, 3.63) is 60.7 Å². The van der Waals surface area contributed by atoms with Gasteiger partial charge >= 0.3 is 0 Å². The molecule has 3 heteroatoms. The van der Waals surface area contributed by atoms with Gasteiger partial charge in [-0.3, -0.25) is 4.21 Å². The van der Waals surface area contributed by atoms with Gasteiger partial charge in [0.1, 0.15) is 0 Å². The van der Waals surface area contributed by atoms with E-state index in [1.165, 1.54) is 11.1 Å². The first-order valence-corrected chi connectivity index (χ1v) is 6.30. The molecule has 2 aromatic rings. The number of hydrogen-bond donors (Lipinski definition) is 0. The highest BCUT2D eigenvalue weighted by atomic mass is 32.2. The van der Waals surface area contributed by atoms with E-state index in [9.17, 15) is 0 Å². The summed E-state index contributed by atoms with van der Waals surface area (Å²) in [5.41, 5.74) is 2.55. The van der Waals surface area contributed by atoms with Gasteiger partial charge in [0.15, 0.2) is 0 Å². The van der Waals surface area contributed by atoms with Crippen LogP contribution in [-0.2, 0) is 11.1 Å². The third kappa shape index (κ3) is 4.87. The molecule has 0 aromatic heterocycles. The van der Waals surface area contributed by atoms with Gasteiger partial charge in [-0.15, -0.1) is 0 Å². The third-order valence-corrected chi connectivity index (χ3v) is 1.88. The topological polar surface area (TPSA) is 40.1 Å². The van der Waals surface area contributed by atoms with Gasteiger partial charge in [-0.25, -0.2) is 0 Å². The molecule has 0 aliphatic rings. The van der Waals surface area contributed by atoms with Crippen molar-refractivity contribution in [3.63, 3.8) is 0 Å². The molecule has 0 aliphatic heterocycles. The van der Waals surface area contributed by atoms with Crippen LogP contribution in [0.15, 0.2) is 60.7 Å². The Balaban J connectivity index is 0.000000280. The van der Waals surface area contributed by atoms with Crippen molar-refractivity contribution in [2.45, 2.75) is 0 Å². The van der Waals surface area contributed by atoms with E-state index >= 15 is 0 Å². The zero-order chi connectivity index (χ0) is 11.8. The van der Waals surface area contributed by atoms with Crippen molar-refractivity contribution in [1.29, 1.82) is 0 Å². The summed E-state index contributed by atoms with van der Waals surface area (Å²) in [4.78, 5) is 0. The van der Waals surface area contributed by atoms with Crippen LogP contribution in [0.4, 0.5) is 0 Å². The normalized spacial score (nSPS) is 11.1. The minimum Gasteiger partial charge on any atom is -0.773 e. The van der Waals surface area contributed by atoms with Gasteiger partial charge in [-0.2, -0.15) is 0 Å². The summed E-state index contributed by atoms with van der Waals surface area (Å²) in [6, 6.07) is 20.8. The molecule has 84 valence electrons. The van der Waals surface area contributed by atoms with Crippen molar-refractivity contribution in [2.75, 3.05) is 6.26 Å². The average Bonchev–Trinajstić information content (AvgIpc) is 2.31. The average molecular weight is 233 g/mol. The second kappa shape index (κ2) is 6.93. The maximum absolute atomic E-state index is 9.00. The number of hydrogen-bond acceptors (Lipinski definition) is 2. The second-order valence-electron chi connectivity index (χ2n) is 3.13. The van der Waals surface area contributed by atoms with Gasteiger partial charge in [0.25, 0.3) is 0 Å². The van der Waals surface area contributed by atoms with E-state index in [0.29, 0.717) is 0 Å².